The third-order valence-electron chi connectivity index (χ3n) is 8.17. The number of methoxy groups -OCH3 is 1. The first kappa shape index (κ1) is 27.9. The zero-order chi connectivity index (χ0) is 30.4. The molecule has 7 aromatic carbocycles. The van der Waals surface area contributed by atoms with E-state index < -0.39 is 0 Å². The van der Waals surface area contributed by atoms with E-state index in [0.717, 1.165) is 45.1 Å². The fourth-order valence-electron chi connectivity index (χ4n) is 5.92. The largest absolute Gasteiger partial charge is 0.497 e. The molecule has 0 N–H and O–H groups in total. The minimum atomic E-state index is 0.823. The molecule has 0 saturated heterocycles. The fraction of sp³-hybridized carbons (Fsp3) is 0.0233. The second-order valence-corrected chi connectivity index (χ2v) is 11.0. The van der Waals surface area contributed by atoms with Crippen LogP contribution in [0.25, 0.3) is 44.5 Å². The van der Waals surface area contributed by atoms with E-state index in [0.29, 0.717) is 0 Å². The quantitative estimate of drug-likeness (QED) is 0.178. The van der Waals surface area contributed by atoms with Gasteiger partial charge in [0.2, 0.25) is 0 Å². The van der Waals surface area contributed by atoms with Crippen LogP contribution in [0.2, 0.25) is 0 Å². The number of nitrogens with zero attached hydrogens (tertiary/aromatic N) is 1. The highest BCUT2D eigenvalue weighted by Gasteiger charge is 2.23. The van der Waals surface area contributed by atoms with Gasteiger partial charge in [-0.25, -0.2) is 0 Å². The second kappa shape index (κ2) is 12.8. The topological polar surface area (TPSA) is 12.5 Å². The van der Waals surface area contributed by atoms with Gasteiger partial charge >= 0.3 is 0 Å². The van der Waals surface area contributed by atoms with Gasteiger partial charge in [-0.1, -0.05) is 133 Å². The maximum absolute atomic E-state index is 5.56. The molecule has 2 nitrogen and oxygen atoms in total. The van der Waals surface area contributed by atoms with Gasteiger partial charge in [-0.15, -0.1) is 0 Å². The van der Waals surface area contributed by atoms with Crippen molar-refractivity contribution in [3.8, 4) is 50.3 Å². The molecule has 0 saturated carbocycles. The molecule has 0 atom stereocenters. The van der Waals surface area contributed by atoms with Crippen LogP contribution >= 0.6 is 0 Å². The molecule has 0 aliphatic carbocycles. The van der Waals surface area contributed by atoms with Crippen LogP contribution in [0.1, 0.15) is 0 Å². The number of hydrogen-bond acceptors (Lipinski definition) is 2. The lowest BCUT2D eigenvalue weighted by atomic mass is 9.89. The molecule has 216 valence electrons. The molecule has 0 bridgehead atoms. The van der Waals surface area contributed by atoms with Gasteiger partial charge in [-0.3, -0.25) is 0 Å². The molecule has 0 amide bonds. The van der Waals surface area contributed by atoms with Crippen molar-refractivity contribution in [2.24, 2.45) is 0 Å². The van der Waals surface area contributed by atoms with Crippen molar-refractivity contribution in [1.29, 1.82) is 0 Å². The van der Waals surface area contributed by atoms with Crippen LogP contribution in [0.15, 0.2) is 182 Å². The first-order chi connectivity index (χ1) is 22.3. The Kier molecular flexibility index (Phi) is 7.94. The summed E-state index contributed by atoms with van der Waals surface area (Å²) in [5.41, 5.74) is 12.6. The summed E-state index contributed by atoms with van der Waals surface area (Å²) in [6.07, 6.45) is 0. The van der Waals surface area contributed by atoms with Gasteiger partial charge in [0, 0.05) is 22.5 Å². The van der Waals surface area contributed by atoms with Crippen LogP contribution in [0.3, 0.4) is 0 Å². The second-order valence-electron chi connectivity index (χ2n) is 11.0. The van der Waals surface area contributed by atoms with Gasteiger partial charge in [-0.2, -0.15) is 0 Å². The van der Waals surface area contributed by atoms with Gasteiger partial charge in [0.05, 0.1) is 12.8 Å². The third kappa shape index (κ3) is 5.87. The van der Waals surface area contributed by atoms with Gasteiger partial charge < -0.3 is 9.64 Å². The van der Waals surface area contributed by atoms with E-state index in [1.807, 2.05) is 12.1 Å². The van der Waals surface area contributed by atoms with Crippen LogP contribution in [-0.4, -0.2) is 7.11 Å². The average molecular weight is 580 g/mol. The van der Waals surface area contributed by atoms with E-state index in [-0.39, 0.29) is 0 Å². The van der Waals surface area contributed by atoms with Crippen LogP contribution in [0.4, 0.5) is 17.1 Å². The van der Waals surface area contributed by atoms with E-state index in [9.17, 15) is 0 Å². The Balaban J connectivity index is 1.53. The van der Waals surface area contributed by atoms with Crippen molar-refractivity contribution in [3.05, 3.63) is 182 Å². The zero-order valence-electron chi connectivity index (χ0n) is 25.2. The first-order valence-corrected chi connectivity index (χ1v) is 15.2. The van der Waals surface area contributed by atoms with Crippen molar-refractivity contribution in [1.82, 2.24) is 0 Å². The Morgan fingerprint density at radius 3 is 1.13 bits per heavy atom. The molecular weight excluding hydrogens is 546 g/mol. The molecule has 2 heteroatoms. The minimum absolute atomic E-state index is 0.823. The molecule has 0 aliphatic rings. The minimum Gasteiger partial charge on any atom is -0.497 e. The highest BCUT2D eigenvalue weighted by Crippen LogP contribution is 2.49. The summed E-state index contributed by atoms with van der Waals surface area (Å²) >= 11 is 0. The van der Waals surface area contributed by atoms with E-state index in [2.05, 4.69) is 175 Å². The van der Waals surface area contributed by atoms with Gasteiger partial charge in [0.25, 0.3) is 0 Å². The number of ether oxygens (including phenoxy) is 1. The van der Waals surface area contributed by atoms with Crippen molar-refractivity contribution < 1.29 is 4.74 Å². The Morgan fingerprint density at radius 1 is 0.356 bits per heavy atom. The van der Waals surface area contributed by atoms with Crippen LogP contribution < -0.4 is 9.64 Å². The molecule has 0 fully saturated rings. The number of benzene rings is 7. The highest BCUT2D eigenvalue weighted by molar-refractivity contribution is 6.00. The lowest BCUT2D eigenvalue weighted by Gasteiger charge is -2.31. The number of anilines is 3. The lowest BCUT2D eigenvalue weighted by molar-refractivity contribution is 0.415. The summed E-state index contributed by atoms with van der Waals surface area (Å²) in [4.78, 5) is 2.38. The van der Waals surface area contributed by atoms with E-state index in [1.165, 1.54) is 22.3 Å². The molecule has 0 aliphatic heterocycles. The van der Waals surface area contributed by atoms with Crippen molar-refractivity contribution in [3.63, 3.8) is 0 Å². The maximum Gasteiger partial charge on any atom is 0.119 e. The Hall–Kier alpha value is -5.86. The molecule has 0 aromatic heterocycles. The predicted molar refractivity (Wildman–Crippen MR) is 189 cm³/mol. The number of hydrogen-bond donors (Lipinski definition) is 0. The van der Waals surface area contributed by atoms with Crippen molar-refractivity contribution >= 4 is 17.1 Å². The Bertz CT molecular complexity index is 1930. The van der Waals surface area contributed by atoms with Gasteiger partial charge in [-0.05, 0) is 81.9 Å². The fourth-order valence-corrected chi connectivity index (χ4v) is 5.92. The predicted octanol–water partition coefficient (Wildman–Crippen LogP) is 11.8. The SMILES string of the molecule is COc1ccc(N(c2ccc(-c3ccccc3)cc2)c2c(-c3ccccc3)cc(-c3ccccc3)cc2-c2ccccc2)cc1. The summed E-state index contributed by atoms with van der Waals surface area (Å²) in [5.74, 6) is 0.823. The van der Waals surface area contributed by atoms with Crippen LogP contribution in [0, 0.1) is 0 Å². The van der Waals surface area contributed by atoms with Crippen LogP contribution in [-0.2, 0) is 0 Å². The third-order valence-corrected chi connectivity index (χ3v) is 8.17. The van der Waals surface area contributed by atoms with Crippen molar-refractivity contribution in [2.75, 3.05) is 12.0 Å². The molecule has 0 heterocycles. The Morgan fingerprint density at radius 2 is 0.711 bits per heavy atom. The molecule has 45 heavy (non-hydrogen) atoms. The summed E-state index contributed by atoms with van der Waals surface area (Å²) in [7, 11) is 1.71. The van der Waals surface area contributed by atoms with E-state index in [1.54, 1.807) is 7.11 Å². The van der Waals surface area contributed by atoms with E-state index >= 15 is 0 Å². The smallest absolute Gasteiger partial charge is 0.119 e. The Labute approximate surface area is 265 Å². The molecule has 7 aromatic rings. The summed E-state index contributed by atoms with van der Waals surface area (Å²) < 4.78 is 5.56. The lowest BCUT2D eigenvalue weighted by Crippen LogP contribution is -2.13. The maximum atomic E-state index is 5.56. The summed E-state index contributed by atoms with van der Waals surface area (Å²) in [5, 5.41) is 0. The van der Waals surface area contributed by atoms with Crippen molar-refractivity contribution in [2.45, 2.75) is 0 Å². The molecular formula is C43H33NO. The average Bonchev–Trinajstić information content (AvgIpc) is 3.14. The molecule has 0 spiro atoms. The first-order valence-electron chi connectivity index (χ1n) is 15.2. The molecule has 0 unspecified atom stereocenters. The van der Waals surface area contributed by atoms with Crippen LogP contribution in [0.5, 0.6) is 5.75 Å². The highest BCUT2D eigenvalue weighted by atomic mass is 16.5. The zero-order valence-corrected chi connectivity index (χ0v) is 25.2. The monoisotopic (exact) mass is 579 g/mol. The normalized spacial score (nSPS) is 10.8. The summed E-state index contributed by atoms with van der Waals surface area (Å²) in [6, 6.07) is 64.5. The standard InChI is InChI=1S/C43H33NO/c1-45-40-28-26-39(27-29-40)44(38-24-22-34(23-25-38)32-14-6-2-7-15-32)43-41(35-18-10-4-11-19-35)30-37(33-16-8-3-9-17-33)31-42(43)36-20-12-5-13-21-36/h2-31H,1H3. The number of rotatable bonds is 8. The summed E-state index contributed by atoms with van der Waals surface area (Å²) in [6.45, 7) is 0. The van der Waals surface area contributed by atoms with Gasteiger partial charge in [0.15, 0.2) is 0 Å². The van der Waals surface area contributed by atoms with Gasteiger partial charge in [0.1, 0.15) is 5.75 Å². The van der Waals surface area contributed by atoms with E-state index in [4.69, 9.17) is 4.74 Å². The molecule has 7 rings (SSSR count). The molecule has 0 radical (unpaired) electrons.